The smallest absolute Gasteiger partial charge is 0.360 e. The molecule has 3 aliphatic rings. The van der Waals surface area contributed by atoms with E-state index in [0.717, 1.165) is 25.7 Å². The second-order valence-electron chi connectivity index (χ2n) is 12.9. The number of piperidine rings is 1. The highest BCUT2D eigenvalue weighted by Gasteiger charge is 2.58. The molecule has 7 heteroatoms. The van der Waals surface area contributed by atoms with Gasteiger partial charge < -0.3 is 31.5 Å². The maximum absolute atomic E-state index is 14.8. The Hall–Kier alpha value is -3.97. The number of rotatable bonds is 8. The van der Waals surface area contributed by atoms with E-state index in [1.165, 1.54) is 30.4 Å². The molecule has 0 aliphatic carbocycles. The van der Waals surface area contributed by atoms with Gasteiger partial charge in [0.1, 0.15) is 6.10 Å². The summed E-state index contributed by atoms with van der Waals surface area (Å²) in [5.74, 6) is -1.61. The molecule has 0 radical (unpaired) electrons. The second kappa shape index (κ2) is 13.0. The molecule has 46 heavy (non-hydrogen) atoms. The van der Waals surface area contributed by atoms with Gasteiger partial charge in [0.25, 0.3) is 5.60 Å². The van der Waals surface area contributed by atoms with Gasteiger partial charge in [-0.25, -0.2) is 9.59 Å². The minimum atomic E-state index is -2.19. The van der Waals surface area contributed by atoms with Crippen LogP contribution in [-0.2, 0) is 30.3 Å². The van der Waals surface area contributed by atoms with E-state index in [9.17, 15) is 14.7 Å². The lowest BCUT2D eigenvalue weighted by Crippen LogP contribution is -3.00. The summed E-state index contributed by atoms with van der Waals surface area (Å²) in [5.41, 5.74) is -2.54. The van der Waals surface area contributed by atoms with Gasteiger partial charge in [-0.1, -0.05) is 121 Å². The molecule has 2 bridgehead atoms. The number of quaternary nitrogens is 1. The van der Waals surface area contributed by atoms with Gasteiger partial charge in [-0.3, -0.25) is 0 Å². The first-order chi connectivity index (χ1) is 22.0. The van der Waals surface area contributed by atoms with Crippen molar-refractivity contribution in [2.75, 3.05) is 13.1 Å². The molecule has 1 spiro atoms. The predicted molar refractivity (Wildman–Crippen MR) is 171 cm³/mol. The number of benzene rings is 4. The molecule has 4 aromatic rings. The molecule has 7 rings (SSSR count). The lowest BCUT2D eigenvalue weighted by molar-refractivity contribution is -0.956. The SMILES string of the molecule is O=C(OC(C(=O)OC1CC2CCC(C1)[N+]21CCCC1)(c1ccccc1)c1ccccc1)C(O)(c1ccccc1)c1ccccc1.[Cl-]. The van der Waals surface area contributed by atoms with Crippen molar-refractivity contribution in [2.24, 2.45) is 0 Å². The molecule has 2 unspecified atom stereocenters. The van der Waals surface area contributed by atoms with Crippen LogP contribution in [0.3, 0.4) is 0 Å². The topological polar surface area (TPSA) is 72.8 Å². The predicted octanol–water partition coefficient (Wildman–Crippen LogP) is 3.26. The van der Waals surface area contributed by atoms with Crippen LogP contribution in [0.25, 0.3) is 0 Å². The monoisotopic (exact) mass is 637 g/mol. The van der Waals surface area contributed by atoms with Crippen LogP contribution >= 0.6 is 0 Å². The summed E-state index contributed by atoms with van der Waals surface area (Å²) in [6, 6.07) is 36.5. The first-order valence-corrected chi connectivity index (χ1v) is 16.2. The zero-order valence-corrected chi connectivity index (χ0v) is 26.6. The molecule has 0 aromatic heterocycles. The van der Waals surface area contributed by atoms with Crippen LogP contribution in [0.2, 0.25) is 0 Å². The molecular weight excluding hydrogens is 598 g/mol. The summed E-state index contributed by atoms with van der Waals surface area (Å²) in [6.45, 7) is 2.45. The van der Waals surface area contributed by atoms with Crippen LogP contribution in [0.1, 0.15) is 60.8 Å². The average Bonchev–Trinajstić information content (AvgIpc) is 3.64. The summed E-state index contributed by atoms with van der Waals surface area (Å²) in [7, 11) is 0. The van der Waals surface area contributed by atoms with E-state index in [-0.39, 0.29) is 18.5 Å². The summed E-state index contributed by atoms with van der Waals surface area (Å²) in [6.07, 6.45) is 6.22. The lowest BCUT2D eigenvalue weighted by atomic mass is 9.83. The number of nitrogens with zero attached hydrogens (tertiary/aromatic N) is 1. The minimum absolute atomic E-state index is 0. The summed E-state index contributed by atoms with van der Waals surface area (Å²) in [4.78, 5) is 29.5. The Balaban J connectivity index is 0.00000372. The summed E-state index contributed by atoms with van der Waals surface area (Å²) in [5, 5.41) is 12.3. The lowest BCUT2D eigenvalue weighted by Gasteiger charge is -2.47. The minimum Gasteiger partial charge on any atom is -1.00 e. The normalized spacial score (nSPS) is 21.7. The van der Waals surface area contributed by atoms with Gasteiger partial charge in [0.15, 0.2) is 0 Å². The molecule has 0 saturated carbocycles. The fraction of sp³-hybridized carbons (Fsp3) is 0.333. The molecule has 3 aliphatic heterocycles. The summed E-state index contributed by atoms with van der Waals surface area (Å²) >= 11 is 0. The highest BCUT2D eigenvalue weighted by atomic mass is 35.5. The van der Waals surface area contributed by atoms with Crippen LogP contribution in [0.5, 0.6) is 0 Å². The Morgan fingerprint density at radius 2 is 1.00 bits per heavy atom. The van der Waals surface area contributed by atoms with E-state index in [1.54, 1.807) is 72.8 Å². The van der Waals surface area contributed by atoms with Crippen molar-refractivity contribution < 1.29 is 41.1 Å². The fourth-order valence-corrected chi connectivity index (χ4v) is 8.42. The third-order valence-electron chi connectivity index (χ3n) is 10.6. The Labute approximate surface area is 277 Å². The third kappa shape index (κ3) is 5.32. The van der Waals surface area contributed by atoms with Gasteiger partial charge in [-0.15, -0.1) is 0 Å². The highest BCUT2D eigenvalue weighted by molar-refractivity contribution is 5.92. The number of esters is 2. The maximum atomic E-state index is 14.8. The molecule has 3 fully saturated rings. The first-order valence-electron chi connectivity index (χ1n) is 16.2. The van der Waals surface area contributed by atoms with E-state index in [2.05, 4.69) is 0 Å². The van der Waals surface area contributed by atoms with Crippen LogP contribution in [0, 0.1) is 0 Å². The van der Waals surface area contributed by atoms with E-state index in [1.807, 2.05) is 48.5 Å². The van der Waals surface area contributed by atoms with E-state index < -0.39 is 23.1 Å². The van der Waals surface area contributed by atoms with Crippen molar-refractivity contribution in [1.29, 1.82) is 0 Å². The highest BCUT2D eigenvalue weighted by Crippen LogP contribution is 2.47. The van der Waals surface area contributed by atoms with Crippen molar-refractivity contribution in [3.8, 4) is 0 Å². The first kappa shape index (κ1) is 32.0. The quantitative estimate of drug-likeness (QED) is 0.237. The van der Waals surface area contributed by atoms with Gasteiger partial charge >= 0.3 is 11.9 Å². The van der Waals surface area contributed by atoms with Crippen LogP contribution in [0.4, 0.5) is 0 Å². The molecular formula is C39H40ClNO5. The number of hydrogen-bond donors (Lipinski definition) is 1. The molecule has 1 N–H and O–H groups in total. The fourth-order valence-electron chi connectivity index (χ4n) is 8.42. The number of carbonyl (C=O) groups excluding carboxylic acids is 2. The number of aliphatic hydroxyl groups is 1. The van der Waals surface area contributed by atoms with Crippen molar-refractivity contribution >= 4 is 11.9 Å². The van der Waals surface area contributed by atoms with Gasteiger partial charge in [0, 0.05) is 49.7 Å². The zero-order chi connectivity index (χ0) is 30.9. The van der Waals surface area contributed by atoms with Gasteiger partial charge in [0.2, 0.25) is 5.60 Å². The largest absolute Gasteiger partial charge is 1.00 e. The Bertz CT molecular complexity index is 1530. The molecule has 6 nitrogen and oxygen atoms in total. The molecule has 238 valence electrons. The summed E-state index contributed by atoms with van der Waals surface area (Å²) < 4.78 is 14.1. The number of halogens is 1. The van der Waals surface area contributed by atoms with Crippen molar-refractivity contribution in [3.63, 3.8) is 0 Å². The maximum Gasteiger partial charge on any atom is 0.360 e. The molecule has 3 heterocycles. The molecule has 3 saturated heterocycles. The average molecular weight is 638 g/mol. The van der Waals surface area contributed by atoms with Crippen molar-refractivity contribution in [3.05, 3.63) is 144 Å². The van der Waals surface area contributed by atoms with Crippen LogP contribution in [0.15, 0.2) is 121 Å². The number of ether oxygens (including phenoxy) is 2. The van der Waals surface area contributed by atoms with Crippen molar-refractivity contribution in [2.45, 2.75) is 67.9 Å². The van der Waals surface area contributed by atoms with Crippen LogP contribution < -0.4 is 12.4 Å². The number of carbonyl (C=O) groups is 2. The van der Waals surface area contributed by atoms with Crippen LogP contribution in [-0.4, -0.2) is 52.8 Å². The zero-order valence-electron chi connectivity index (χ0n) is 25.8. The molecule has 0 amide bonds. The number of hydrogen-bond acceptors (Lipinski definition) is 5. The Morgan fingerprint density at radius 3 is 1.41 bits per heavy atom. The molecule has 4 aromatic carbocycles. The third-order valence-corrected chi connectivity index (χ3v) is 10.6. The van der Waals surface area contributed by atoms with Crippen molar-refractivity contribution in [1.82, 2.24) is 0 Å². The van der Waals surface area contributed by atoms with Gasteiger partial charge in [0.05, 0.1) is 25.2 Å². The van der Waals surface area contributed by atoms with E-state index in [0.29, 0.717) is 34.3 Å². The molecule has 2 atom stereocenters. The van der Waals surface area contributed by atoms with Gasteiger partial charge in [-0.05, 0) is 11.1 Å². The van der Waals surface area contributed by atoms with E-state index in [4.69, 9.17) is 9.47 Å². The second-order valence-corrected chi connectivity index (χ2v) is 12.9. The van der Waals surface area contributed by atoms with E-state index >= 15 is 0 Å². The Morgan fingerprint density at radius 1 is 0.609 bits per heavy atom. The van der Waals surface area contributed by atoms with Gasteiger partial charge in [-0.2, -0.15) is 0 Å². The Kier molecular flexibility index (Phi) is 9.06. The standard InChI is InChI=1S/C39H40NO5.ClH/c41-36(38(43,29-15-5-1-6-16-29)30-17-7-2-8-18-30)45-39(31-19-9-3-10-20-31,32-21-11-4-12-22-32)37(42)44-35-27-33-23-24-34(28-35)40(33)25-13-14-26-40;/h1-12,15-22,33-35,43H,13-14,23-28H2;1H/q+1;/p-1.